The molecule has 3 N–H and O–H groups in total. The molecule has 0 radical (unpaired) electrons. The standard InChI is InChI=1S/C11H19NO3/c1-3-4-10(7-12)15-8-9(2)5-6-11(13)14/h4,8H,3,5-7,12H2,1-2H3,(H,13,14)/b9-8+,10-4+. The van der Waals surface area contributed by atoms with Gasteiger partial charge in [0.25, 0.3) is 0 Å². The minimum atomic E-state index is -0.800. The summed E-state index contributed by atoms with van der Waals surface area (Å²) in [6, 6.07) is 0. The molecular weight excluding hydrogens is 194 g/mol. The van der Waals surface area contributed by atoms with Crippen molar-refractivity contribution < 1.29 is 14.6 Å². The van der Waals surface area contributed by atoms with Gasteiger partial charge in [-0.3, -0.25) is 4.79 Å². The number of ether oxygens (including phenoxy) is 1. The maximum absolute atomic E-state index is 10.3. The highest BCUT2D eigenvalue weighted by atomic mass is 16.5. The molecule has 4 nitrogen and oxygen atoms in total. The fourth-order valence-corrected chi connectivity index (χ4v) is 0.947. The van der Waals surface area contributed by atoms with Crippen molar-refractivity contribution in [2.75, 3.05) is 6.54 Å². The summed E-state index contributed by atoms with van der Waals surface area (Å²) in [5.41, 5.74) is 6.35. The zero-order chi connectivity index (χ0) is 11.7. The zero-order valence-electron chi connectivity index (χ0n) is 9.32. The first-order valence-corrected chi connectivity index (χ1v) is 5.03. The smallest absolute Gasteiger partial charge is 0.303 e. The molecule has 0 saturated heterocycles. The van der Waals surface area contributed by atoms with Gasteiger partial charge in [-0.25, -0.2) is 0 Å². The second kappa shape index (κ2) is 8.05. The average Bonchev–Trinajstić information content (AvgIpc) is 2.21. The molecule has 4 heteroatoms. The predicted molar refractivity (Wildman–Crippen MR) is 59.1 cm³/mol. The molecule has 15 heavy (non-hydrogen) atoms. The minimum Gasteiger partial charge on any atom is -0.481 e. The topological polar surface area (TPSA) is 72.5 Å². The largest absolute Gasteiger partial charge is 0.481 e. The van der Waals surface area contributed by atoms with E-state index in [1.807, 2.05) is 19.9 Å². The van der Waals surface area contributed by atoms with E-state index < -0.39 is 5.97 Å². The predicted octanol–water partition coefficient (Wildman–Crippen LogP) is 2.02. The molecule has 0 heterocycles. The molecule has 0 aromatic heterocycles. The van der Waals surface area contributed by atoms with Crippen LogP contribution in [-0.2, 0) is 9.53 Å². The van der Waals surface area contributed by atoms with Crippen LogP contribution >= 0.6 is 0 Å². The highest BCUT2D eigenvalue weighted by Gasteiger charge is 1.98. The van der Waals surface area contributed by atoms with E-state index in [-0.39, 0.29) is 6.42 Å². The van der Waals surface area contributed by atoms with Gasteiger partial charge in [-0.15, -0.1) is 0 Å². The van der Waals surface area contributed by atoms with E-state index in [2.05, 4.69) is 0 Å². The number of carboxylic acids is 1. The normalized spacial score (nSPS) is 12.7. The lowest BCUT2D eigenvalue weighted by Crippen LogP contribution is -2.04. The summed E-state index contributed by atoms with van der Waals surface area (Å²) >= 11 is 0. The SMILES string of the molecule is CC/C=C(\CN)O/C=C(\C)CCC(=O)O. The van der Waals surface area contributed by atoms with Crippen LogP contribution in [-0.4, -0.2) is 17.6 Å². The van der Waals surface area contributed by atoms with Gasteiger partial charge in [-0.2, -0.15) is 0 Å². The second-order valence-corrected chi connectivity index (χ2v) is 3.26. The van der Waals surface area contributed by atoms with Crippen LogP contribution in [0.2, 0.25) is 0 Å². The maximum atomic E-state index is 10.3. The lowest BCUT2D eigenvalue weighted by molar-refractivity contribution is -0.136. The van der Waals surface area contributed by atoms with Gasteiger partial charge in [0.05, 0.1) is 12.8 Å². The molecule has 0 aliphatic carbocycles. The Morgan fingerprint density at radius 3 is 2.60 bits per heavy atom. The Labute approximate surface area is 90.4 Å². The summed E-state index contributed by atoms with van der Waals surface area (Å²) in [6.45, 7) is 4.19. The number of rotatable bonds is 7. The van der Waals surface area contributed by atoms with Gasteiger partial charge >= 0.3 is 5.97 Å². The van der Waals surface area contributed by atoms with Crippen LogP contribution in [0.15, 0.2) is 23.7 Å². The number of carbonyl (C=O) groups is 1. The van der Waals surface area contributed by atoms with Crippen LogP contribution in [0.1, 0.15) is 33.1 Å². The van der Waals surface area contributed by atoms with Crippen LogP contribution in [0.5, 0.6) is 0 Å². The van der Waals surface area contributed by atoms with Crippen molar-refractivity contribution in [3.63, 3.8) is 0 Å². The van der Waals surface area contributed by atoms with Crippen molar-refractivity contribution >= 4 is 5.97 Å². The van der Waals surface area contributed by atoms with Crippen molar-refractivity contribution in [3.05, 3.63) is 23.7 Å². The Hall–Kier alpha value is -1.29. The lowest BCUT2D eigenvalue weighted by Gasteiger charge is -2.04. The molecule has 0 aliphatic heterocycles. The summed E-state index contributed by atoms with van der Waals surface area (Å²) in [5.74, 6) is -0.0851. The summed E-state index contributed by atoms with van der Waals surface area (Å²) in [6.07, 6.45) is 4.97. The molecule has 0 rings (SSSR count). The molecule has 0 aliphatic rings. The van der Waals surface area contributed by atoms with Gasteiger partial charge in [0.1, 0.15) is 5.76 Å². The van der Waals surface area contributed by atoms with Gasteiger partial charge in [0, 0.05) is 6.42 Å². The lowest BCUT2D eigenvalue weighted by atomic mass is 10.2. The fraction of sp³-hybridized carbons (Fsp3) is 0.545. The van der Waals surface area contributed by atoms with Crippen molar-refractivity contribution in [2.45, 2.75) is 33.1 Å². The van der Waals surface area contributed by atoms with Gasteiger partial charge in [-0.1, -0.05) is 6.92 Å². The van der Waals surface area contributed by atoms with Crippen LogP contribution in [0, 0.1) is 0 Å². The Kier molecular flexibility index (Phi) is 7.36. The molecule has 0 saturated carbocycles. The third kappa shape index (κ3) is 7.76. The third-order valence-corrected chi connectivity index (χ3v) is 1.78. The molecule has 86 valence electrons. The van der Waals surface area contributed by atoms with Gasteiger partial charge in [0.15, 0.2) is 0 Å². The fourth-order valence-electron chi connectivity index (χ4n) is 0.947. The molecule has 0 amide bonds. The zero-order valence-corrected chi connectivity index (χ0v) is 9.32. The van der Waals surface area contributed by atoms with E-state index in [1.165, 1.54) is 0 Å². The van der Waals surface area contributed by atoms with Gasteiger partial charge in [-0.05, 0) is 31.4 Å². The monoisotopic (exact) mass is 213 g/mol. The molecule has 0 aromatic carbocycles. The summed E-state index contributed by atoms with van der Waals surface area (Å²) in [4.78, 5) is 10.3. The van der Waals surface area contributed by atoms with Crippen LogP contribution in [0.25, 0.3) is 0 Å². The van der Waals surface area contributed by atoms with Gasteiger partial charge < -0.3 is 15.6 Å². The van der Waals surface area contributed by atoms with Gasteiger partial charge in [0.2, 0.25) is 0 Å². The average molecular weight is 213 g/mol. The van der Waals surface area contributed by atoms with Crippen molar-refractivity contribution in [1.29, 1.82) is 0 Å². The number of allylic oxidation sites excluding steroid dienone is 2. The second-order valence-electron chi connectivity index (χ2n) is 3.26. The number of aliphatic carboxylic acids is 1. The number of carboxylic acid groups (broad SMARTS) is 1. The molecule has 0 unspecified atom stereocenters. The van der Waals surface area contributed by atoms with E-state index in [1.54, 1.807) is 6.26 Å². The molecule has 0 fully saturated rings. The highest BCUT2D eigenvalue weighted by molar-refractivity contribution is 5.66. The molecule has 0 spiro atoms. The van der Waals surface area contributed by atoms with Crippen molar-refractivity contribution in [3.8, 4) is 0 Å². The van der Waals surface area contributed by atoms with E-state index in [9.17, 15) is 4.79 Å². The molecule has 0 aromatic rings. The molecular formula is C11H19NO3. The van der Waals surface area contributed by atoms with Crippen LogP contribution in [0.4, 0.5) is 0 Å². The summed E-state index contributed by atoms with van der Waals surface area (Å²) < 4.78 is 5.31. The van der Waals surface area contributed by atoms with Crippen LogP contribution < -0.4 is 5.73 Å². The first-order chi connectivity index (χ1) is 7.10. The first-order valence-electron chi connectivity index (χ1n) is 5.03. The Morgan fingerprint density at radius 1 is 1.47 bits per heavy atom. The summed E-state index contributed by atoms with van der Waals surface area (Å²) in [5, 5.41) is 8.47. The Bertz CT molecular complexity index is 257. The quantitative estimate of drug-likeness (QED) is 0.635. The number of hydrogen-bond acceptors (Lipinski definition) is 3. The molecule has 0 bridgehead atoms. The Morgan fingerprint density at radius 2 is 2.13 bits per heavy atom. The summed E-state index contributed by atoms with van der Waals surface area (Å²) in [7, 11) is 0. The van der Waals surface area contributed by atoms with Crippen LogP contribution in [0.3, 0.4) is 0 Å². The van der Waals surface area contributed by atoms with Crippen molar-refractivity contribution in [2.24, 2.45) is 5.73 Å². The van der Waals surface area contributed by atoms with Crippen molar-refractivity contribution in [1.82, 2.24) is 0 Å². The maximum Gasteiger partial charge on any atom is 0.303 e. The number of nitrogens with two attached hydrogens (primary N) is 1. The van der Waals surface area contributed by atoms with E-state index in [0.717, 1.165) is 12.0 Å². The highest BCUT2D eigenvalue weighted by Crippen LogP contribution is 2.06. The number of hydrogen-bond donors (Lipinski definition) is 2. The Balaban J connectivity index is 4.02. The van der Waals surface area contributed by atoms with E-state index in [4.69, 9.17) is 15.6 Å². The van der Waals surface area contributed by atoms with E-state index in [0.29, 0.717) is 18.7 Å². The first kappa shape index (κ1) is 13.7. The minimum absolute atomic E-state index is 0.126. The third-order valence-electron chi connectivity index (χ3n) is 1.78. The molecule has 0 atom stereocenters. The van der Waals surface area contributed by atoms with E-state index >= 15 is 0 Å².